The first-order valence-electron chi connectivity index (χ1n) is 19.7. The highest BCUT2D eigenvalue weighted by Crippen LogP contribution is 2.39. The smallest absolute Gasteiger partial charge is 0.227 e. The van der Waals surface area contributed by atoms with E-state index in [-0.39, 0.29) is 0 Å². The van der Waals surface area contributed by atoms with E-state index in [1.54, 1.807) is 0 Å². The van der Waals surface area contributed by atoms with Gasteiger partial charge in [0.2, 0.25) is 5.89 Å². The molecule has 58 heavy (non-hydrogen) atoms. The molecule has 0 radical (unpaired) electrons. The van der Waals surface area contributed by atoms with Crippen molar-refractivity contribution in [2.45, 2.75) is 0 Å². The number of aromatic nitrogens is 1. The van der Waals surface area contributed by atoms with Crippen LogP contribution in [-0.4, -0.2) is 4.98 Å². The van der Waals surface area contributed by atoms with Gasteiger partial charge in [0.25, 0.3) is 0 Å². The predicted octanol–water partition coefficient (Wildman–Crippen LogP) is 15.4. The molecular weight excluding hydrogens is 705 g/mol. The van der Waals surface area contributed by atoms with Crippen molar-refractivity contribution in [3.05, 3.63) is 218 Å². The molecule has 0 bridgehead atoms. The van der Waals surface area contributed by atoms with Crippen LogP contribution in [0.1, 0.15) is 0 Å². The molecule has 3 nitrogen and oxygen atoms in total. The Labute approximate surface area is 336 Å². The maximum atomic E-state index is 6.30. The Morgan fingerprint density at radius 2 is 0.828 bits per heavy atom. The average molecular weight is 741 g/mol. The van der Waals surface area contributed by atoms with Gasteiger partial charge in [-0.15, -0.1) is 0 Å². The van der Waals surface area contributed by atoms with Crippen LogP contribution in [0.4, 0.5) is 17.1 Å². The van der Waals surface area contributed by atoms with E-state index in [9.17, 15) is 0 Å². The Bertz CT molecular complexity index is 3290. The van der Waals surface area contributed by atoms with Crippen molar-refractivity contribution in [3.63, 3.8) is 0 Å². The number of hydrogen-bond acceptors (Lipinski definition) is 3. The highest BCUT2D eigenvalue weighted by molar-refractivity contribution is 6.05. The van der Waals surface area contributed by atoms with Crippen LogP contribution in [0, 0.1) is 0 Å². The van der Waals surface area contributed by atoms with Gasteiger partial charge in [0.1, 0.15) is 5.52 Å². The average Bonchev–Trinajstić information content (AvgIpc) is 3.75. The van der Waals surface area contributed by atoms with Crippen LogP contribution < -0.4 is 4.90 Å². The lowest BCUT2D eigenvalue weighted by Gasteiger charge is -2.26. The molecule has 11 aromatic rings. The van der Waals surface area contributed by atoms with Crippen molar-refractivity contribution in [2.24, 2.45) is 0 Å². The first kappa shape index (κ1) is 33.6. The molecule has 272 valence electrons. The maximum absolute atomic E-state index is 6.30. The summed E-state index contributed by atoms with van der Waals surface area (Å²) in [5.41, 5.74) is 13.0. The predicted molar refractivity (Wildman–Crippen MR) is 243 cm³/mol. The fourth-order valence-electron chi connectivity index (χ4n) is 8.25. The molecule has 0 saturated carbocycles. The van der Waals surface area contributed by atoms with Gasteiger partial charge in [-0.3, -0.25) is 0 Å². The number of benzene rings is 10. The number of anilines is 3. The third-order valence-electron chi connectivity index (χ3n) is 11.2. The first-order valence-corrected chi connectivity index (χ1v) is 19.7. The van der Waals surface area contributed by atoms with Gasteiger partial charge in [-0.05, 0) is 133 Å². The van der Waals surface area contributed by atoms with Crippen molar-refractivity contribution >= 4 is 60.5 Å². The minimum absolute atomic E-state index is 0.635. The number of fused-ring (bicyclic) bond motifs is 5. The zero-order valence-corrected chi connectivity index (χ0v) is 31.6. The van der Waals surface area contributed by atoms with Crippen LogP contribution >= 0.6 is 0 Å². The molecule has 0 aliphatic rings. The van der Waals surface area contributed by atoms with Gasteiger partial charge in [0.05, 0.1) is 0 Å². The SMILES string of the molecule is c1ccc(-c2ccc3cc(N(c4ccccc4)c4cccc(-c5cccc(-c6ccc7c(ccc8oc(-c9ccc%10ccccc%10c9)nc87)c6)c5)c4)ccc3c2)cc1. The quantitative estimate of drug-likeness (QED) is 0.163. The van der Waals surface area contributed by atoms with Crippen LogP contribution in [0.2, 0.25) is 0 Å². The van der Waals surface area contributed by atoms with Gasteiger partial charge >= 0.3 is 0 Å². The molecule has 1 heterocycles. The van der Waals surface area contributed by atoms with Gasteiger partial charge in [-0.2, -0.15) is 0 Å². The van der Waals surface area contributed by atoms with E-state index < -0.39 is 0 Å². The van der Waals surface area contributed by atoms with E-state index in [1.165, 1.54) is 32.7 Å². The van der Waals surface area contributed by atoms with Gasteiger partial charge in [0.15, 0.2) is 5.58 Å². The second kappa shape index (κ2) is 14.1. The lowest BCUT2D eigenvalue weighted by atomic mass is 9.96. The minimum atomic E-state index is 0.635. The van der Waals surface area contributed by atoms with Crippen LogP contribution in [-0.2, 0) is 0 Å². The largest absolute Gasteiger partial charge is 0.436 e. The number of nitrogens with zero attached hydrogens (tertiary/aromatic N) is 2. The maximum Gasteiger partial charge on any atom is 0.227 e. The Balaban J connectivity index is 0.924. The third-order valence-corrected chi connectivity index (χ3v) is 11.2. The molecule has 0 spiro atoms. The summed E-state index contributed by atoms with van der Waals surface area (Å²) in [5.74, 6) is 0.635. The molecular formula is C55H36N2O. The van der Waals surface area contributed by atoms with Crippen LogP contribution in [0.15, 0.2) is 223 Å². The van der Waals surface area contributed by atoms with Gasteiger partial charge < -0.3 is 9.32 Å². The lowest BCUT2D eigenvalue weighted by Crippen LogP contribution is -2.09. The van der Waals surface area contributed by atoms with E-state index in [0.717, 1.165) is 66.8 Å². The normalized spacial score (nSPS) is 11.4. The summed E-state index contributed by atoms with van der Waals surface area (Å²) in [6, 6.07) is 77.9. The molecule has 0 N–H and O–H groups in total. The van der Waals surface area contributed by atoms with Crippen LogP contribution in [0.3, 0.4) is 0 Å². The zero-order chi connectivity index (χ0) is 38.4. The summed E-state index contributed by atoms with van der Waals surface area (Å²) in [4.78, 5) is 7.34. The number of para-hydroxylation sites is 1. The first-order chi connectivity index (χ1) is 28.7. The summed E-state index contributed by atoms with van der Waals surface area (Å²) in [7, 11) is 0. The molecule has 0 atom stereocenters. The van der Waals surface area contributed by atoms with Gasteiger partial charge in [-0.25, -0.2) is 4.98 Å². The molecule has 0 amide bonds. The molecule has 0 fully saturated rings. The molecule has 10 aromatic carbocycles. The van der Waals surface area contributed by atoms with Crippen molar-refractivity contribution in [2.75, 3.05) is 4.90 Å². The molecule has 1 aromatic heterocycles. The van der Waals surface area contributed by atoms with Gasteiger partial charge in [-0.1, -0.05) is 146 Å². The lowest BCUT2D eigenvalue weighted by molar-refractivity contribution is 0.620. The molecule has 0 aliphatic carbocycles. The zero-order valence-electron chi connectivity index (χ0n) is 31.6. The second-order valence-electron chi connectivity index (χ2n) is 14.8. The summed E-state index contributed by atoms with van der Waals surface area (Å²) in [6.07, 6.45) is 0. The molecule has 0 aliphatic heterocycles. The third kappa shape index (κ3) is 6.16. The van der Waals surface area contributed by atoms with Crippen LogP contribution in [0.25, 0.3) is 88.3 Å². The molecule has 11 rings (SSSR count). The van der Waals surface area contributed by atoms with E-state index in [4.69, 9.17) is 9.40 Å². The van der Waals surface area contributed by atoms with E-state index in [2.05, 4.69) is 217 Å². The van der Waals surface area contributed by atoms with E-state index >= 15 is 0 Å². The Kier molecular flexibility index (Phi) is 8.15. The van der Waals surface area contributed by atoms with Crippen LogP contribution in [0.5, 0.6) is 0 Å². The number of hydrogen-bond donors (Lipinski definition) is 0. The Morgan fingerprint density at radius 1 is 0.310 bits per heavy atom. The molecule has 3 heteroatoms. The van der Waals surface area contributed by atoms with E-state index in [0.29, 0.717) is 5.89 Å². The molecule has 0 saturated heterocycles. The Morgan fingerprint density at radius 3 is 1.67 bits per heavy atom. The van der Waals surface area contributed by atoms with Crippen molar-refractivity contribution in [3.8, 4) is 44.8 Å². The number of oxazole rings is 1. The fourth-order valence-corrected chi connectivity index (χ4v) is 8.25. The second-order valence-corrected chi connectivity index (χ2v) is 14.8. The van der Waals surface area contributed by atoms with Crippen molar-refractivity contribution in [1.29, 1.82) is 0 Å². The summed E-state index contributed by atoms with van der Waals surface area (Å²) in [5, 5.41) is 6.99. The fraction of sp³-hybridized carbons (Fsp3) is 0. The highest BCUT2D eigenvalue weighted by Gasteiger charge is 2.16. The van der Waals surface area contributed by atoms with E-state index in [1.807, 2.05) is 6.07 Å². The van der Waals surface area contributed by atoms with Gasteiger partial charge in [0, 0.05) is 28.0 Å². The summed E-state index contributed by atoms with van der Waals surface area (Å²) >= 11 is 0. The minimum Gasteiger partial charge on any atom is -0.436 e. The van der Waals surface area contributed by atoms with Crippen molar-refractivity contribution < 1.29 is 4.42 Å². The summed E-state index contributed by atoms with van der Waals surface area (Å²) < 4.78 is 6.30. The monoisotopic (exact) mass is 740 g/mol. The van der Waals surface area contributed by atoms with Crippen molar-refractivity contribution in [1.82, 2.24) is 4.98 Å². The number of rotatable bonds is 7. The summed E-state index contributed by atoms with van der Waals surface area (Å²) in [6.45, 7) is 0. The highest BCUT2D eigenvalue weighted by atomic mass is 16.3. The standard InChI is InChI=1S/C55H36N2O/c1-3-11-37(12-4-1)43-22-23-46-36-51(28-25-44(46)32-43)57(49-18-5-2-6-19-49)50-20-10-17-42(35-50)40-15-9-16-41(31-40)45-26-29-52-47(33-45)27-30-53-54(52)56-55(58-53)48-24-21-38-13-7-8-14-39(38)34-48/h1-36H. The molecule has 0 unspecified atom stereocenters. The Hall–Kier alpha value is -7.75. The topological polar surface area (TPSA) is 29.3 Å².